The van der Waals surface area contributed by atoms with Gasteiger partial charge in [-0.3, -0.25) is 0 Å². The van der Waals surface area contributed by atoms with Crippen molar-refractivity contribution in [2.75, 3.05) is 0 Å². The summed E-state index contributed by atoms with van der Waals surface area (Å²) in [6.07, 6.45) is 6.76. The quantitative estimate of drug-likeness (QED) is 0.879. The number of hydrogen-bond donors (Lipinski definition) is 1. The molecule has 1 aliphatic carbocycles. The second-order valence-corrected chi connectivity index (χ2v) is 5.59. The van der Waals surface area contributed by atoms with Gasteiger partial charge < -0.3 is 10.5 Å². The van der Waals surface area contributed by atoms with Gasteiger partial charge in [0.2, 0.25) is 0 Å². The summed E-state index contributed by atoms with van der Waals surface area (Å²) in [4.78, 5) is 0. The van der Waals surface area contributed by atoms with Crippen LogP contribution in [0.3, 0.4) is 0 Å². The molecule has 2 N–H and O–H groups in total. The van der Waals surface area contributed by atoms with Gasteiger partial charge in [-0.1, -0.05) is 49.1 Å². The van der Waals surface area contributed by atoms with Crippen molar-refractivity contribution in [1.29, 1.82) is 0 Å². The van der Waals surface area contributed by atoms with Crippen LogP contribution < -0.4 is 5.73 Å². The Morgan fingerprint density at radius 1 is 1.11 bits per heavy atom. The van der Waals surface area contributed by atoms with E-state index in [1.165, 1.54) is 43.2 Å². The third-order valence-electron chi connectivity index (χ3n) is 3.77. The van der Waals surface area contributed by atoms with Gasteiger partial charge in [-0.05, 0) is 32.3 Å². The molecule has 0 saturated heterocycles. The van der Waals surface area contributed by atoms with Gasteiger partial charge in [-0.15, -0.1) is 0 Å². The molecule has 0 radical (unpaired) electrons. The third kappa shape index (κ3) is 3.56. The SMILES string of the molecule is Cc1ccc(C(OC2CCCCC2)C(C)N)cc1. The van der Waals surface area contributed by atoms with Crippen LogP contribution in [0, 0.1) is 6.92 Å². The van der Waals surface area contributed by atoms with Crippen molar-refractivity contribution < 1.29 is 4.74 Å². The molecule has 1 saturated carbocycles. The van der Waals surface area contributed by atoms with Gasteiger partial charge in [0.25, 0.3) is 0 Å². The van der Waals surface area contributed by atoms with Gasteiger partial charge in [-0.25, -0.2) is 0 Å². The van der Waals surface area contributed by atoms with Crippen molar-refractivity contribution in [2.45, 2.75) is 64.2 Å². The van der Waals surface area contributed by atoms with Crippen molar-refractivity contribution in [3.05, 3.63) is 35.4 Å². The second-order valence-electron chi connectivity index (χ2n) is 5.59. The van der Waals surface area contributed by atoms with Crippen molar-refractivity contribution >= 4 is 0 Å². The number of benzene rings is 1. The fourth-order valence-electron chi connectivity index (χ4n) is 2.67. The summed E-state index contributed by atoms with van der Waals surface area (Å²) >= 11 is 0. The summed E-state index contributed by atoms with van der Waals surface area (Å²) in [6.45, 7) is 4.14. The van der Waals surface area contributed by atoms with Crippen LogP contribution >= 0.6 is 0 Å². The smallest absolute Gasteiger partial charge is 0.0976 e. The van der Waals surface area contributed by atoms with Crippen LogP contribution in [-0.2, 0) is 4.74 Å². The zero-order valence-electron chi connectivity index (χ0n) is 11.6. The Morgan fingerprint density at radius 2 is 1.72 bits per heavy atom. The third-order valence-corrected chi connectivity index (χ3v) is 3.77. The molecule has 0 aliphatic heterocycles. The Hall–Kier alpha value is -0.860. The van der Waals surface area contributed by atoms with Crippen molar-refractivity contribution in [2.24, 2.45) is 5.73 Å². The lowest BCUT2D eigenvalue weighted by Gasteiger charge is -2.30. The van der Waals surface area contributed by atoms with Crippen molar-refractivity contribution in [3.63, 3.8) is 0 Å². The normalized spacial score (nSPS) is 20.6. The molecule has 18 heavy (non-hydrogen) atoms. The van der Waals surface area contributed by atoms with E-state index in [9.17, 15) is 0 Å². The zero-order chi connectivity index (χ0) is 13.0. The van der Waals surface area contributed by atoms with Crippen molar-refractivity contribution in [1.82, 2.24) is 0 Å². The molecule has 1 fully saturated rings. The molecule has 1 aromatic rings. The van der Waals surface area contributed by atoms with Crippen LogP contribution in [0.4, 0.5) is 0 Å². The molecule has 100 valence electrons. The lowest BCUT2D eigenvalue weighted by atomic mass is 9.96. The van der Waals surface area contributed by atoms with E-state index in [4.69, 9.17) is 10.5 Å². The first kappa shape index (κ1) is 13.6. The fourth-order valence-corrected chi connectivity index (χ4v) is 2.67. The monoisotopic (exact) mass is 247 g/mol. The molecule has 2 atom stereocenters. The number of ether oxygens (including phenoxy) is 1. The minimum absolute atomic E-state index is 0.0358. The molecule has 2 rings (SSSR count). The first-order valence-electron chi connectivity index (χ1n) is 7.14. The predicted octanol–water partition coefficient (Wildman–Crippen LogP) is 3.73. The van der Waals surface area contributed by atoms with E-state index < -0.39 is 0 Å². The maximum absolute atomic E-state index is 6.25. The van der Waals surface area contributed by atoms with E-state index in [1.807, 2.05) is 6.92 Å². The molecule has 0 aromatic heterocycles. The van der Waals surface area contributed by atoms with Crippen LogP contribution in [0.1, 0.15) is 56.3 Å². The molecular weight excluding hydrogens is 222 g/mol. The van der Waals surface area contributed by atoms with Crippen LogP contribution in [0.5, 0.6) is 0 Å². The van der Waals surface area contributed by atoms with Crippen LogP contribution in [0.25, 0.3) is 0 Å². The molecule has 2 unspecified atom stereocenters. The first-order chi connectivity index (χ1) is 8.66. The van der Waals surface area contributed by atoms with Crippen molar-refractivity contribution in [3.8, 4) is 0 Å². The fraction of sp³-hybridized carbons (Fsp3) is 0.625. The average Bonchev–Trinajstić information content (AvgIpc) is 2.38. The maximum Gasteiger partial charge on any atom is 0.0976 e. The van der Waals surface area contributed by atoms with Gasteiger partial charge in [0.1, 0.15) is 0 Å². The Balaban J connectivity index is 2.05. The van der Waals surface area contributed by atoms with Gasteiger partial charge >= 0.3 is 0 Å². The number of nitrogens with two attached hydrogens (primary N) is 1. The topological polar surface area (TPSA) is 35.2 Å². The summed E-state index contributed by atoms with van der Waals surface area (Å²) in [5.41, 5.74) is 8.59. The summed E-state index contributed by atoms with van der Waals surface area (Å²) in [5, 5.41) is 0. The number of rotatable bonds is 4. The van der Waals surface area contributed by atoms with Gasteiger partial charge in [-0.2, -0.15) is 0 Å². The Bertz CT molecular complexity index is 352. The Kier molecular flexibility index (Phi) is 4.79. The van der Waals surface area contributed by atoms with E-state index >= 15 is 0 Å². The first-order valence-corrected chi connectivity index (χ1v) is 7.14. The molecule has 0 amide bonds. The van der Waals surface area contributed by atoms with Crippen LogP contribution in [0.2, 0.25) is 0 Å². The highest BCUT2D eigenvalue weighted by Crippen LogP contribution is 2.28. The molecule has 1 aliphatic rings. The standard InChI is InChI=1S/C16H25NO/c1-12-8-10-14(11-9-12)16(13(2)17)18-15-6-4-3-5-7-15/h8-11,13,15-16H,3-7,17H2,1-2H3. The van der Waals surface area contributed by atoms with E-state index in [1.54, 1.807) is 0 Å². The maximum atomic E-state index is 6.25. The van der Waals surface area contributed by atoms with Crippen LogP contribution in [-0.4, -0.2) is 12.1 Å². The second kappa shape index (κ2) is 6.35. The molecule has 2 heteroatoms. The summed E-state index contributed by atoms with van der Waals surface area (Å²) < 4.78 is 6.25. The highest BCUT2D eigenvalue weighted by atomic mass is 16.5. The zero-order valence-corrected chi connectivity index (χ0v) is 11.6. The van der Waals surface area contributed by atoms with Gasteiger partial charge in [0.05, 0.1) is 12.2 Å². The minimum Gasteiger partial charge on any atom is -0.369 e. The summed E-state index contributed by atoms with van der Waals surface area (Å²) in [6, 6.07) is 8.59. The van der Waals surface area contributed by atoms with Crippen LogP contribution in [0.15, 0.2) is 24.3 Å². The summed E-state index contributed by atoms with van der Waals surface area (Å²) in [5.74, 6) is 0. The number of aryl methyl sites for hydroxylation is 1. The van der Waals surface area contributed by atoms with E-state index in [-0.39, 0.29) is 12.1 Å². The summed E-state index contributed by atoms with van der Waals surface area (Å²) in [7, 11) is 0. The van der Waals surface area contributed by atoms with Gasteiger partial charge in [0, 0.05) is 6.04 Å². The average molecular weight is 247 g/mol. The van der Waals surface area contributed by atoms with E-state index in [2.05, 4.69) is 31.2 Å². The molecule has 1 aromatic carbocycles. The van der Waals surface area contributed by atoms with E-state index in [0.29, 0.717) is 6.10 Å². The molecule has 2 nitrogen and oxygen atoms in total. The predicted molar refractivity (Wildman–Crippen MR) is 75.5 cm³/mol. The minimum atomic E-state index is 0.0358. The van der Waals surface area contributed by atoms with E-state index in [0.717, 1.165) is 0 Å². The Morgan fingerprint density at radius 3 is 2.28 bits per heavy atom. The molecule has 0 bridgehead atoms. The molecule has 0 spiro atoms. The highest BCUT2D eigenvalue weighted by Gasteiger charge is 2.23. The lowest BCUT2D eigenvalue weighted by molar-refractivity contribution is -0.0406. The lowest BCUT2D eigenvalue weighted by Crippen LogP contribution is -2.31. The van der Waals surface area contributed by atoms with Gasteiger partial charge in [0.15, 0.2) is 0 Å². The highest BCUT2D eigenvalue weighted by molar-refractivity contribution is 5.24. The largest absolute Gasteiger partial charge is 0.369 e. The Labute approximate surface area is 111 Å². The molecular formula is C16H25NO. The molecule has 0 heterocycles. The number of hydrogen-bond acceptors (Lipinski definition) is 2.